The van der Waals surface area contributed by atoms with Crippen molar-refractivity contribution in [1.82, 2.24) is 4.90 Å². The lowest BCUT2D eigenvalue weighted by molar-refractivity contribution is -0.554. The van der Waals surface area contributed by atoms with Gasteiger partial charge in [0.1, 0.15) is 11.1 Å². The van der Waals surface area contributed by atoms with Gasteiger partial charge in [0.25, 0.3) is 0 Å². The number of carboxylic acid groups (broad SMARTS) is 1. The predicted molar refractivity (Wildman–Crippen MR) is 126 cm³/mol. The number of aliphatic carboxylic acids is 1. The fourth-order valence-corrected chi connectivity index (χ4v) is 4.48. The first-order valence-electron chi connectivity index (χ1n) is 13.8. The van der Waals surface area contributed by atoms with Crippen LogP contribution < -0.4 is 0 Å². The average molecular weight is 973 g/mol. The molecule has 0 fully saturated rings. The van der Waals surface area contributed by atoms with Gasteiger partial charge in [-0.15, -0.1) is 4.90 Å². The van der Waals surface area contributed by atoms with Gasteiger partial charge in [-0.25, -0.2) is 84.5 Å². The first kappa shape index (κ1) is 51.3. The van der Waals surface area contributed by atoms with Gasteiger partial charge in [0, 0.05) is 0 Å². The van der Waals surface area contributed by atoms with E-state index in [-0.39, 0.29) is 0 Å². The molecule has 0 aliphatic carbocycles. The molecule has 0 amide bonds. The van der Waals surface area contributed by atoms with Crippen molar-refractivity contribution in [3.05, 3.63) is 104 Å². The summed E-state index contributed by atoms with van der Waals surface area (Å²) in [6.45, 7) is 0. The highest BCUT2D eigenvalue weighted by atomic mass is 19.4. The van der Waals surface area contributed by atoms with E-state index in [0.29, 0.717) is 0 Å². The molecular weight excluding hydrogens is 972 g/mol. The van der Waals surface area contributed by atoms with Crippen molar-refractivity contribution >= 4 is 5.97 Å². The van der Waals surface area contributed by atoms with Crippen molar-refractivity contribution in [2.24, 2.45) is 0 Å². The van der Waals surface area contributed by atoms with Crippen molar-refractivity contribution < 1.29 is 151 Å². The van der Waals surface area contributed by atoms with Crippen molar-refractivity contribution in [2.45, 2.75) is 48.2 Å². The number of rotatable bonds is 14. The zero-order chi connectivity index (χ0) is 49.0. The summed E-state index contributed by atoms with van der Waals surface area (Å²) >= 11 is 0. The van der Waals surface area contributed by atoms with Crippen LogP contribution in [0.3, 0.4) is 0 Å². The molecule has 348 valence electrons. The van der Waals surface area contributed by atoms with Crippen LogP contribution in [0, 0.1) is 87.3 Å². The van der Waals surface area contributed by atoms with Gasteiger partial charge in [-0.1, -0.05) is 0 Å². The van der Waals surface area contributed by atoms with E-state index in [2.05, 4.69) is 0 Å². The smallest absolute Gasteiger partial charge is 0.453 e. The summed E-state index contributed by atoms with van der Waals surface area (Å²) in [5.74, 6) is -64.7. The van der Waals surface area contributed by atoms with Gasteiger partial charge in [-0.05, 0) is 0 Å². The van der Waals surface area contributed by atoms with Crippen LogP contribution in [-0.2, 0) is 32.0 Å². The van der Waals surface area contributed by atoms with Gasteiger partial charge in [-0.2, -0.15) is 61.5 Å². The van der Waals surface area contributed by atoms with Crippen LogP contribution in [0.25, 0.3) is 0 Å². The van der Waals surface area contributed by atoms with E-state index in [4.69, 9.17) is 5.11 Å². The zero-order valence-corrected chi connectivity index (χ0v) is 27.0. The van der Waals surface area contributed by atoms with E-state index >= 15 is 30.7 Å². The van der Waals surface area contributed by atoms with E-state index in [1.807, 2.05) is 0 Å². The van der Waals surface area contributed by atoms with Gasteiger partial charge in [0.2, 0.25) is 17.5 Å². The highest BCUT2D eigenvalue weighted by Gasteiger charge is 2.81. The maximum Gasteiger partial charge on any atom is 0.453 e. The van der Waals surface area contributed by atoms with Gasteiger partial charge in [0.05, 0.1) is 5.56 Å². The number of hydrogen-bond acceptors (Lipinski definition) is 4. The Kier molecular flexibility index (Phi) is 12.7. The molecule has 1 atom stereocenters. The largest absolute Gasteiger partial charge is 0.478 e. The molecule has 0 bridgehead atoms. The molecule has 0 spiro atoms. The van der Waals surface area contributed by atoms with Crippen LogP contribution >= 0.6 is 0 Å². The Labute approximate surface area is 315 Å². The van der Waals surface area contributed by atoms with Crippen LogP contribution in [0.2, 0.25) is 0 Å². The lowest BCUT2D eigenvalue weighted by Gasteiger charge is -2.44. The van der Waals surface area contributed by atoms with Crippen LogP contribution in [-0.4, -0.2) is 46.5 Å². The van der Waals surface area contributed by atoms with Gasteiger partial charge >= 0.3 is 54.2 Å². The van der Waals surface area contributed by atoms with Crippen LogP contribution in [0.5, 0.6) is 0 Å². The Hall–Kier alpha value is -5.09. The molecule has 0 radical (unpaired) electrons. The summed E-state index contributed by atoms with van der Waals surface area (Å²) in [6.07, 6.45) is -34.1. The highest BCUT2D eigenvalue weighted by molar-refractivity contribution is 5.80. The number of carbonyl (C=O) groups is 1. The molecule has 5 nitrogen and oxygen atoms in total. The summed E-state index contributed by atoms with van der Waals surface area (Å²) in [4.78, 5) is 6.38. The molecular formula is C27HF30NO4. The second-order valence-corrected chi connectivity index (χ2v) is 11.0. The Morgan fingerprint density at radius 2 is 0.548 bits per heavy atom. The molecule has 3 aromatic carbocycles. The second kappa shape index (κ2) is 15.3. The standard InChI is InChI=1S/C27HF30NO4/c28-4-1(5(29)11(35)16(40)10(4)34)20(43,19(59)60)24(50,51)61-26(54,55)27(56,57)62-25(52,53)23(48,49)58(21(44,45)2-6(30)12(36)17(41)13(37)7(2)31)22(46,47)3-8(32)14(38)18(42)15(39)9(3)33/h(H,59,60). The topological polar surface area (TPSA) is 59.0 Å². The zero-order valence-electron chi connectivity index (χ0n) is 27.0. The number of nitrogens with zero attached hydrogens (tertiary/aromatic N) is 1. The third kappa shape index (κ3) is 7.29. The maximum absolute atomic E-state index is 15.4. The summed E-state index contributed by atoms with van der Waals surface area (Å²) < 4.78 is 434. The second-order valence-electron chi connectivity index (χ2n) is 11.0. The lowest BCUT2D eigenvalue weighted by Crippen LogP contribution is -2.68. The fourth-order valence-electron chi connectivity index (χ4n) is 4.48. The number of carboxylic acids is 1. The van der Waals surface area contributed by atoms with Crippen molar-refractivity contribution in [2.75, 3.05) is 0 Å². The first-order valence-corrected chi connectivity index (χ1v) is 13.8. The minimum Gasteiger partial charge on any atom is -0.478 e. The van der Waals surface area contributed by atoms with Gasteiger partial charge in [0.15, 0.2) is 69.8 Å². The molecule has 0 saturated heterocycles. The fraction of sp³-hybridized carbons (Fsp3) is 0.296. The van der Waals surface area contributed by atoms with Crippen molar-refractivity contribution in [1.29, 1.82) is 0 Å². The SMILES string of the molecule is O=C(O)C(F)(c1c(F)c(F)c(F)c(F)c1F)C(F)(F)OC(F)(F)C(F)(F)OC(F)(F)C(F)(F)N(C(F)(F)c1c(F)c(F)c(F)c(F)c1F)C(F)(F)c1c(F)c(F)c(F)c(F)c1F. The number of benzene rings is 3. The molecule has 35 heteroatoms. The number of halogens is 30. The quantitative estimate of drug-likeness (QED) is 0.0755. The Bertz CT molecular complexity index is 2160. The summed E-state index contributed by atoms with van der Waals surface area (Å²) in [5, 5.41) is 8.71. The van der Waals surface area contributed by atoms with Crippen LogP contribution in [0.4, 0.5) is 132 Å². The number of hydrogen-bond donors (Lipinski definition) is 1. The van der Waals surface area contributed by atoms with E-state index < -0.39 is 163 Å². The predicted octanol–water partition coefficient (Wildman–Crippen LogP) is 10.8. The molecule has 0 aromatic heterocycles. The molecule has 0 heterocycles. The van der Waals surface area contributed by atoms with Crippen LogP contribution in [0.1, 0.15) is 16.7 Å². The highest BCUT2D eigenvalue weighted by Crippen LogP contribution is 2.59. The lowest BCUT2D eigenvalue weighted by atomic mass is 9.92. The number of alkyl halides is 15. The molecule has 1 unspecified atom stereocenters. The van der Waals surface area contributed by atoms with E-state index in [0.717, 1.165) is 0 Å². The molecule has 0 saturated carbocycles. The number of ether oxygens (including phenoxy) is 2. The first-order chi connectivity index (χ1) is 27.5. The van der Waals surface area contributed by atoms with Gasteiger partial charge < -0.3 is 5.11 Å². The Morgan fingerprint density at radius 1 is 0.339 bits per heavy atom. The molecule has 0 aliphatic heterocycles. The van der Waals surface area contributed by atoms with E-state index in [1.165, 1.54) is 9.47 Å². The summed E-state index contributed by atoms with van der Waals surface area (Å²) in [5.41, 5.74) is -20.9. The Balaban J connectivity index is 2.38. The molecule has 0 aliphatic rings. The maximum atomic E-state index is 15.4. The summed E-state index contributed by atoms with van der Waals surface area (Å²) in [6, 6.07) is -25.7. The monoisotopic (exact) mass is 973 g/mol. The van der Waals surface area contributed by atoms with Crippen molar-refractivity contribution in [3.8, 4) is 0 Å². The molecule has 62 heavy (non-hydrogen) atoms. The third-order valence-electron chi connectivity index (χ3n) is 7.32. The van der Waals surface area contributed by atoms with Crippen LogP contribution in [0.15, 0.2) is 0 Å². The molecule has 3 rings (SSSR count). The molecule has 1 N–H and O–H groups in total. The minimum absolute atomic E-state index is 1.27. The summed E-state index contributed by atoms with van der Waals surface area (Å²) in [7, 11) is 0. The van der Waals surface area contributed by atoms with Gasteiger partial charge in [-0.3, -0.25) is 0 Å². The normalized spacial score (nSPS) is 14.8. The Morgan fingerprint density at radius 3 is 0.790 bits per heavy atom. The average Bonchev–Trinajstić information content (AvgIpc) is 3.11. The van der Waals surface area contributed by atoms with Crippen molar-refractivity contribution in [3.63, 3.8) is 0 Å². The minimum atomic E-state index is -9.09. The van der Waals surface area contributed by atoms with E-state index in [9.17, 15) is 106 Å². The third-order valence-corrected chi connectivity index (χ3v) is 7.32. The molecule has 3 aromatic rings. The van der Waals surface area contributed by atoms with E-state index in [1.54, 1.807) is 0 Å².